The molecule has 0 fully saturated rings. The summed E-state index contributed by atoms with van der Waals surface area (Å²) in [6.07, 6.45) is 3.09. The maximum Gasteiger partial charge on any atom is 0.328 e. The van der Waals surface area contributed by atoms with E-state index in [0.717, 1.165) is 5.39 Å². The molecule has 0 saturated heterocycles. The van der Waals surface area contributed by atoms with Gasteiger partial charge in [-0.05, 0) is 20.8 Å². The smallest absolute Gasteiger partial charge is 0.328 e. The molecule has 0 aromatic carbocycles. The van der Waals surface area contributed by atoms with Gasteiger partial charge in [0.2, 0.25) is 0 Å². The lowest BCUT2D eigenvalue weighted by molar-refractivity contribution is -0.142. The van der Waals surface area contributed by atoms with Gasteiger partial charge in [0.25, 0.3) is 0 Å². The Morgan fingerprint density at radius 1 is 1.47 bits per heavy atom. The first kappa shape index (κ1) is 13.3. The van der Waals surface area contributed by atoms with Crippen LogP contribution in [-0.2, 0) is 11.8 Å². The summed E-state index contributed by atoms with van der Waals surface area (Å²) in [6, 6.07) is 0. The first-order valence-corrected chi connectivity index (χ1v) is 6.03. The molecule has 0 aliphatic carbocycles. The molecule has 1 N–H and O–H groups in total. The molecule has 2 aromatic rings. The van der Waals surface area contributed by atoms with Crippen LogP contribution in [0, 0.1) is 0 Å². The molecule has 2 aromatic heterocycles. The number of carboxylic acid groups (broad SMARTS) is 1. The van der Waals surface area contributed by atoms with Gasteiger partial charge in [0.1, 0.15) is 17.7 Å². The van der Waals surface area contributed by atoms with E-state index in [1.54, 1.807) is 36.7 Å². The quantitative estimate of drug-likeness (QED) is 0.887. The molecular formula is C12H17N5O2. The molecule has 2 heterocycles. The number of aliphatic carboxylic acids is 1. The van der Waals surface area contributed by atoms with Crippen molar-refractivity contribution in [1.29, 1.82) is 0 Å². The van der Waals surface area contributed by atoms with Gasteiger partial charge >= 0.3 is 5.97 Å². The second kappa shape index (κ2) is 4.49. The van der Waals surface area contributed by atoms with Crippen LogP contribution >= 0.6 is 0 Å². The number of aryl methyl sites for hydroxylation is 1. The van der Waals surface area contributed by atoms with Gasteiger partial charge in [-0.2, -0.15) is 5.10 Å². The summed E-state index contributed by atoms with van der Waals surface area (Å²) < 4.78 is 1.64. The van der Waals surface area contributed by atoms with Crippen LogP contribution in [0.3, 0.4) is 0 Å². The maximum absolute atomic E-state index is 11.4. The van der Waals surface area contributed by atoms with Crippen LogP contribution in [0.25, 0.3) is 11.0 Å². The number of nitrogens with zero attached hydrogens (tertiary/aromatic N) is 5. The van der Waals surface area contributed by atoms with Gasteiger partial charge in [-0.15, -0.1) is 0 Å². The third-order valence-electron chi connectivity index (χ3n) is 3.28. The van der Waals surface area contributed by atoms with Crippen molar-refractivity contribution >= 4 is 22.8 Å². The minimum atomic E-state index is -1.05. The fourth-order valence-electron chi connectivity index (χ4n) is 2.09. The van der Waals surface area contributed by atoms with Gasteiger partial charge in [0.15, 0.2) is 5.65 Å². The lowest BCUT2D eigenvalue weighted by Crippen LogP contribution is -2.50. The minimum Gasteiger partial charge on any atom is -0.480 e. The number of rotatable bonds is 4. The van der Waals surface area contributed by atoms with Crippen molar-refractivity contribution in [1.82, 2.24) is 19.7 Å². The molecule has 0 saturated carbocycles. The van der Waals surface area contributed by atoms with Crippen LogP contribution in [0.2, 0.25) is 0 Å². The van der Waals surface area contributed by atoms with E-state index >= 15 is 0 Å². The Kier molecular flexibility index (Phi) is 3.13. The molecule has 7 heteroatoms. The molecule has 7 nitrogen and oxygen atoms in total. The fourth-order valence-corrected chi connectivity index (χ4v) is 2.09. The van der Waals surface area contributed by atoms with E-state index in [9.17, 15) is 9.90 Å². The monoisotopic (exact) mass is 263 g/mol. The Hall–Kier alpha value is -2.18. The van der Waals surface area contributed by atoms with E-state index in [0.29, 0.717) is 18.0 Å². The highest BCUT2D eigenvalue weighted by Gasteiger charge is 2.35. The molecular weight excluding hydrogens is 246 g/mol. The summed E-state index contributed by atoms with van der Waals surface area (Å²) in [4.78, 5) is 21.6. The Balaban J connectivity index is 2.62. The Morgan fingerprint density at radius 2 is 2.16 bits per heavy atom. The summed E-state index contributed by atoms with van der Waals surface area (Å²) in [7, 11) is 1.79. The molecule has 0 aliphatic rings. The maximum atomic E-state index is 11.4. The van der Waals surface area contributed by atoms with E-state index in [-0.39, 0.29) is 0 Å². The van der Waals surface area contributed by atoms with Gasteiger partial charge in [-0.25, -0.2) is 14.8 Å². The molecule has 102 valence electrons. The lowest BCUT2D eigenvalue weighted by Gasteiger charge is -2.35. The zero-order valence-corrected chi connectivity index (χ0v) is 11.5. The second-order valence-corrected chi connectivity index (χ2v) is 4.81. The highest BCUT2D eigenvalue weighted by molar-refractivity contribution is 5.90. The number of aromatic nitrogens is 4. The van der Waals surface area contributed by atoms with Crippen LogP contribution in [0.4, 0.5) is 5.82 Å². The molecule has 0 amide bonds. The van der Waals surface area contributed by atoms with Crippen molar-refractivity contribution in [2.75, 3.05) is 11.4 Å². The van der Waals surface area contributed by atoms with Crippen LogP contribution in [0.15, 0.2) is 12.5 Å². The van der Waals surface area contributed by atoms with Crippen molar-refractivity contribution in [3.05, 3.63) is 12.5 Å². The van der Waals surface area contributed by atoms with Crippen LogP contribution in [0.1, 0.15) is 20.8 Å². The van der Waals surface area contributed by atoms with Crippen molar-refractivity contribution in [3.8, 4) is 0 Å². The molecule has 2 rings (SSSR count). The summed E-state index contributed by atoms with van der Waals surface area (Å²) in [6.45, 7) is 5.74. The number of fused-ring (bicyclic) bond motifs is 1. The predicted molar refractivity (Wildman–Crippen MR) is 71.0 cm³/mol. The number of carbonyl (C=O) groups is 1. The van der Waals surface area contributed by atoms with E-state index in [2.05, 4.69) is 15.1 Å². The summed E-state index contributed by atoms with van der Waals surface area (Å²) in [5.74, 6) is -0.307. The molecule has 0 unspecified atom stereocenters. The predicted octanol–water partition coefficient (Wildman–Crippen LogP) is 1.05. The van der Waals surface area contributed by atoms with Gasteiger partial charge in [-0.3, -0.25) is 4.68 Å². The number of likely N-dealkylation sites (N-methyl/N-ethyl adjacent to an activating group) is 1. The fraction of sp³-hybridized carbons (Fsp3) is 0.500. The lowest BCUT2D eigenvalue weighted by atomic mass is 10.0. The van der Waals surface area contributed by atoms with Crippen molar-refractivity contribution in [2.45, 2.75) is 26.3 Å². The van der Waals surface area contributed by atoms with Gasteiger partial charge in [-0.1, -0.05) is 0 Å². The van der Waals surface area contributed by atoms with Crippen LogP contribution in [-0.4, -0.2) is 42.9 Å². The topological polar surface area (TPSA) is 84.1 Å². The summed E-state index contributed by atoms with van der Waals surface area (Å²) >= 11 is 0. The van der Waals surface area contributed by atoms with Gasteiger partial charge in [0, 0.05) is 13.6 Å². The largest absolute Gasteiger partial charge is 0.480 e. The molecule has 0 aliphatic heterocycles. The third-order valence-corrected chi connectivity index (χ3v) is 3.28. The second-order valence-electron chi connectivity index (χ2n) is 4.81. The zero-order chi connectivity index (χ0) is 14.2. The Bertz CT molecular complexity index is 620. The standard InChI is InChI=1S/C12H17N5O2/c1-5-17(12(2,3)11(18)19)10-8-6-15-16(4)9(8)13-7-14-10/h6-7H,5H2,1-4H3,(H,18,19). The molecule has 19 heavy (non-hydrogen) atoms. The average Bonchev–Trinajstić information content (AvgIpc) is 2.73. The highest BCUT2D eigenvalue weighted by Crippen LogP contribution is 2.28. The number of hydrogen-bond acceptors (Lipinski definition) is 5. The van der Waals surface area contributed by atoms with E-state index in [1.165, 1.54) is 6.33 Å². The van der Waals surface area contributed by atoms with Crippen molar-refractivity contribution in [2.24, 2.45) is 7.05 Å². The molecule has 0 radical (unpaired) electrons. The first-order chi connectivity index (χ1) is 8.89. The number of hydrogen-bond donors (Lipinski definition) is 1. The SMILES string of the molecule is CCN(c1ncnc2c1cnn2C)C(C)(C)C(=O)O. The van der Waals surface area contributed by atoms with E-state index < -0.39 is 11.5 Å². The van der Waals surface area contributed by atoms with E-state index in [1.807, 2.05) is 6.92 Å². The third kappa shape index (κ3) is 2.00. The summed E-state index contributed by atoms with van der Waals surface area (Å²) in [5.41, 5.74) is -0.365. The first-order valence-electron chi connectivity index (χ1n) is 6.03. The average molecular weight is 263 g/mol. The highest BCUT2D eigenvalue weighted by atomic mass is 16.4. The van der Waals surface area contributed by atoms with Crippen LogP contribution < -0.4 is 4.90 Å². The number of anilines is 1. The molecule has 0 atom stereocenters. The number of carboxylic acids is 1. The van der Waals surface area contributed by atoms with Crippen LogP contribution in [0.5, 0.6) is 0 Å². The Morgan fingerprint density at radius 3 is 2.74 bits per heavy atom. The van der Waals surface area contributed by atoms with Gasteiger partial charge in [0.05, 0.1) is 11.6 Å². The summed E-state index contributed by atoms with van der Waals surface area (Å²) in [5, 5.41) is 14.3. The zero-order valence-electron chi connectivity index (χ0n) is 11.5. The normalized spacial score (nSPS) is 11.8. The van der Waals surface area contributed by atoms with Crippen molar-refractivity contribution < 1.29 is 9.90 Å². The van der Waals surface area contributed by atoms with Gasteiger partial charge < -0.3 is 10.0 Å². The minimum absolute atomic E-state index is 0.528. The van der Waals surface area contributed by atoms with Crippen molar-refractivity contribution in [3.63, 3.8) is 0 Å². The Labute approximate surface area is 110 Å². The van der Waals surface area contributed by atoms with E-state index in [4.69, 9.17) is 0 Å². The molecule has 0 bridgehead atoms. The molecule has 0 spiro atoms.